The molecule has 18 heavy (non-hydrogen) atoms. The molecule has 0 saturated heterocycles. The van der Waals surface area contributed by atoms with Gasteiger partial charge in [-0.15, -0.1) is 0 Å². The van der Waals surface area contributed by atoms with Gasteiger partial charge in [0.1, 0.15) is 0 Å². The summed E-state index contributed by atoms with van der Waals surface area (Å²) >= 11 is 0. The Morgan fingerprint density at radius 2 is 2.06 bits per heavy atom. The van der Waals surface area contributed by atoms with Gasteiger partial charge in [-0.3, -0.25) is 10.1 Å². The first kappa shape index (κ1) is 14.6. The molecular formula is C10H15N3O4S. The Kier molecular flexibility index (Phi) is 4.76. The van der Waals surface area contributed by atoms with Crippen molar-refractivity contribution in [1.29, 1.82) is 0 Å². The van der Waals surface area contributed by atoms with Crippen LogP contribution in [0.5, 0.6) is 0 Å². The van der Waals surface area contributed by atoms with Crippen LogP contribution in [-0.2, 0) is 15.8 Å². The van der Waals surface area contributed by atoms with Gasteiger partial charge in [0.05, 0.1) is 10.7 Å². The van der Waals surface area contributed by atoms with Crippen molar-refractivity contribution >= 4 is 15.7 Å². The SMILES string of the molecule is C[C@H](CN)NS(=O)(=O)Cc1ccccc1[N+](=O)[O-]. The number of hydrogen-bond donors (Lipinski definition) is 2. The van der Waals surface area contributed by atoms with Crippen molar-refractivity contribution in [3.63, 3.8) is 0 Å². The molecule has 0 aliphatic rings. The van der Waals surface area contributed by atoms with Gasteiger partial charge in [0.15, 0.2) is 0 Å². The van der Waals surface area contributed by atoms with Gasteiger partial charge < -0.3 is 5.73 Å². The second kappa shape index (κ2) is 5.89. The van der Waals surface area contributed by atoms with Gasteiger partial charge in [-0.2, -0.15) is 0 Å². The van der Waals surface area contributed by atoms with Gasteiger partial charge in [-0.05, 0) is 6.92 Å². The largest absolute Gasteiger partial charge is 0.329 e. The third-order valence-electron chi connectivity index (χ3n) is 2.27. The van der Waals surface area contributed by atoms with E-state index in [-0.39, 0.29) is 17.8 Å². The molecule has 1 rings (SSSR count). The van der Waals surface area contributed by atoms with E-state index in [1.807, 2.05) is 0 Å². The van der Waals surface area contributed by atoms with E-state index in [4.69, 9.17) is 5.73 Å². The molecule has 7 nitrogen and oxygen atoms in total. The Bertz CT molecular complexity index is 530. The van der Waals surface area contributed by atoms with Crippen LogP contribution in [0.3, 0.4) is 0 Å². The van der Waals surface area contributed by atoms with Crippen molar-refractivity contribution in [1.82, 2.24) is 4.72 Å². The van der Waals surface area contributed by atoms with Gasteiger partial charge in [-0.25, -0.2) is 13.1 Å². The lowest BCUT2D eigenvalue weighted by Crippen LogP contribution is -2.38. The summed E-state index contributed by atoms with van der Waals surface area (Å²) < 4.78 is 25.9. The molecule has 0 aliphatic heterocycles. The molecule has 0 heterocycles. The molecule has 1 aromatic rings. The summed E-state index contributed by atoms with van der Waals surface area (Å²) in [4.78, 5) is 10.2. The van der Waals surface area contributed by atoms with E-state index in [2.05, 4.69) is 4.72 Å². The number of rotatable bonds is 6. The third-order valence-corrected chi connectivity index (χ3v) is 3.72. The highest BCUT2D eigenvalue weighted by molar-refractivity contribution is 7.88. The highest BCUT2D eigenvalue weighted by atomic mass is 32.2. The average molecular weight is 273 g/mol. The van der Waals surface area contributed by atoms with Gasteiger partial charge in [-0.1, -0.05) is 18.2 Å². The van der Waals surface area contributed by atoms with Crippen LogP contribution < -0.4 is 10.5 Å². The normalized spacial score (nSPS) is 13.2. The van der Waals surface area contributed by atoms with Crippen molar-refractivity contribution < 1.29 is 13.3 Å². The fraction of sp³-hybridized carbons (Fsp3) is 0.400. The highest BCUT2D eigenvalue weighted by Crippen LogP contribution is 2.19. The quantitative estimate of drug-likeness (QED) is 0.573. The molecule has 0 spiro atoms. The predicted octanol–water partition coefficient (Wildman–Crippen LogP) is 0.361. The van der Waals surface area contributed by atoms with Crippen molar-refractivity contribution in [2.75, 3.05) is 6.54 Å². The maximum atomic E-state index is 11.8. The number of hydrogen-bond acceptors (Lipinski definition) is 5. The fourth-order valence-corrected chi connectivity index (χ4v) is 2.86. The molecule has 0 radical (unpaired) electrons. The molecule has 0 bridgehead atoms. The molecule has 100 valence electrons. The Balaban J connectivity index is 2.94. The van der Waals surface area contributed by atoms with Crippen LogP contribution in [0.25, 0.3) is 0 Å². The van der Waals surface area contributed by atoms with E-state index in [1.165, 1.54) is 18.2 Å². The van der Waals surface area contributed by atoms with Gasteiger partial charge in [0, 0.05) is 24.2 Å². The summed E-state index contributed by atoms with van der Waals surface area (Å²) in [5, 5.41) is 10.8. The van der Waals surface area contributed by atoms with Crippen molar-refractivity contribution in [2.24, 2.45) is 5.73 Å². The van der Waals surface area contributed by atoms with Crippen LogP contribution in [-0.4, -0.2) is 25.9 Å². The van der Waals surface area contributed by atoms with E-state index in [9.17, 15) is 18.5 Å². The standard InChI is InChI=1S/C10H15N3O4S/c1-8(6-11)12-18(16,17)7-9-4-2-3-5-10(9)13(14)15/h2-5,8,12H,6-7,11H2,1H3/t8-/m1/s1. The molecule has 0 amide bonds. The summed E-state index contributed by atoms with van der Waals surface area (Å²) in [6.07, 6.45) is 0. The van der Waals surface area contributed by atoms with Crippen LogP contribution in [0.4, 0.5) is 5.69 Å². The Hall–Kier alpha value is -1.51. The molecule has 0 aromatic heterocycles. The highest BCUT2D eigenvalue weighted by Gasteiger charge is 2.20. The first-order chi connectivity index (χ1) is 8.35. The molecule has 1 atom stereocenters. The number of nitrogens with one attached hydrogen (secondary N) is 1. The maximum absolute atomic E-state index is 11.8. The summed E-state index contributed by atoms with van der Waals surface area (Å²) in [7, 11) is -3.64. The minimum absolute atomic E-state index is 0.152. The average Bonchev–Trinajstić information content (AvgIpc) is 2.28. The number of para-hydroxylation sites is 1. The summed E-state index contributed by atoms with van der Waals surface area (Å²) in [6.45, 7) is 1.78. The zero-order valence-corrected chi connectivity index (χ0v) is 10.7. The topological polar surface area (TPSA) is 115 Å². The van der Waals surface area contributed by atoms with Crippen LogP contribution in [0.15, 0.2) is 24.3 Å². The second-order valence-corrected chi connectivity index (χ2v) is 5.65. The Morgan fingerprint density at radius 1 is 1.44 bits per heavy atom. The smallest absolute Gasteiger partial charge is 0.273 e. The van der Waals surface area contributed by atoms with Crippen LogP contribution in [0, 0.1) is 10.1 Å². The lowest BCUT2D eigenvalue weighted by atomic mass is 10.2. The van der Waals surface area contributed by atoms with Crippen molar-refractivity contribution in [3.05, 3.63) is 39.9 Å². The summed E-state index contributed by atoms with van der Waals surface area (Å²) in [5.41, 5.74) is 5.26. The number of nitrogens with two attached hydrogens (primary N) is 1. The summed E-state index contributed by atoms with van der Waals surface area (Å²) in [5.74, 6) is -0.436. The Labute approximate surface area is 105 Å². The minimum atomic E-state index is -3.64. The van der Waals surface area contributed by atoms with Gasteiger partial charge >= 0.3 is 0 Å². The molecule has 0 saturated carbocycles. The number of sulfonamides is 1. The van der Waals surface area contributed by atoms with E-state index in [1.54, 1.807) is 13.0 Å². The van der Waals surface area contributed by atoms with E-state index in [0.717, 1.165) is 0 Å². The van der Waals surface area contributed by atoms with Crippen LogP contribution >= 0.6 is 0 Å². The zero-order chi connectivity index (χ0) is 13.8. The maximum Gasteiger partial charge on any atom is 0.273 e. The molecule has 3 N–H and O–H groups in total. The number of benzene rings is 1. The van der Waals surface area contributed by atoms with Gasteiger partial charge in [0.25, 0.3) is 5.69 Å². The minimum Gasteiger partial charge on any atom is -0.329 e. The molecular weight excluding hydrogens is 258 g/mol. The number of nitro benzene ring substituents is 1. The summed E-state index contributed by atoms with van der Waals surface area (Å²) in [6, 6.07) is 5.34. The molecule has 0 unspecified atom stereocenters. The van der Waals surface area contributed by atoms with Crippen LogP contribution in [0.1, 0.15) is 12.5 Å². The Morgan fingerprint density at radius 3 is 2.61 bits per heavy atom. The molecule has 0 fully saturated rings. The van der Waals surface area contributed by atoms with Crippen LogP contribution in [0.2, 0.25) is 0 Å². The lowest BCUT2D eigenvalue weighted by molar-refractivity contribution is -0.385. The van der Waals surface area contributed by atoms with Crippen molar-refractivity contribution in [3.8, 4) is 0 Å². The first-order valence-corrected chi connectivity index (χ1v) is 6.93. The fourth-order valence-electron chi connectivity index (χ4n) is 1.41. The first-order valence-electron chi connectivity index (χ1n) is 5.28. The predicted molar refractivity (Wildman–Crippen MR) is 67.4 cm³/mol. The second-order valence-electron chi connectivity index (χ2n) is 3.90. The zero-order valence-electron chi connectivity index (χ0n) is 9.87. The number of nitro groups is 1. The van der Waals surface area contributed by atoms with E-state index in [0.29, 0.717) is 0 Å². The van der Waals surface area contributed by atoms with E-state index < -0.39 is 26.7 Å². The van der Waals surface area contributed by atoms with E-state index >= 15 is 0 Å². The van der Waals surface area contributed by atoms with Crippen molar-refractivity contribution in [2.45, 2.75) is 18.7 Å². The third kappa shape index (κ3) is 4.06. The number of nitrogens with zero attached hydrogens (tertiary/aromatic N) is 1. The molecule has 8 heteroatoms. The molecule has 0 aliphatic carbocycles. The monoisotopic (exact) mass is 273 g/mol. The van der Waals surface area contributed by atoms with Gasteiger partial charge in [0.2, 0.25) is 10.0 Å². The molecule has 1 aromatic carbocycles. The lowest BCUT2D eigenvalue weighted by Gasteiger charge is -2.11.